The molecule has 2 aromatic carbocycles. The van der Waals surface area contributed by atoms with E-state index >= 15 is 0 Å². The first-order valence-electron chi connectivity index (χ1n) is 10.7. The van der Waals surface area contributed by atoms with Gasteiger partial charge in [-0.25, -0.2) is 8.78 Å². The van der Waals surface area contributed by atoms with E-state index in [0.717, 1.165) is 22.9 Å². The van der Waals surface area contributed by atoms with Gasteiger partial charge in [-0.3, -0.25) is 4.79 Å². The van der Waals surface area contributed by atoms with Crippen molar-refractivity contribution < 1.29 is 18.7 Å². The van der Waals surface area contributed by atoms with Crippen LogP contribution in [0.4, 0.5) is 8.78 Å². The summed E-state index contributed by atoms with van der Waals surface area (Å²) < 4.78 is 27.3. The molecule has 0 aliphatic rings. The lowest BCUT2D eigenvalue weighted by molar-refractivity contribution is -0.121. The van der Waals surface area contributed by atoms with Gasteiger partial charge in [-0.15, -0.1) is 11.3 Å². The Morgan fingerprint density at radius 1 is 1.03 bits per heavy atom. The van der Waals surface area contributed by atoms with Gasteiger partial charge in [0.2, 0.25) is 5.91 Å². The van der Waals surface area contributed by atoms with Crippen LogP contribution in [0.25, 0.3) is 0 Å². The minimum atomic E-state index is -0.942. The van der Waals surface area contributed by atoms with E-state index in [1.165, 1.54) is 29.0 Å². The summed E-state index contributed by atoms with van der Waals surface area (Å²) in [6.07, 6.45) is 0.302. The molecule has 1 amide bonds. The number of aliphatic hydroxyl groups excluding tert-OH is 1. The first-order valence-corrected chi connectivity index (χ1v) is 11.5. The third-order valence-corrected chi connectivity index (χ3v) is 6.06. The van der Waals surface area contributed by atoms with Crippen LogP contribution in [0.1, 0.15) is 28.5 Å². The van der Waals surface area contributed by atoms with Gasteiger partial charge in [0.05, 0.1) is 18.6 Å². The Kier molecular flexibility index (Phi) is 8.90. The number of hydrogen-bond acceptors (Lipinski definition) is 4. The molecule has 7 heteroatoms. The Morgan fingerprint density at radius 2 is 1.78 bits per heavy atom. The summed E-state index contributed by atoms with van der Waals surface area (Å²) in [5, 5.41) is 18.7. The highest BCUT2D eigenvalue weighted by Crippen LogP contribution is 2.14. The quantitative estimate of drug-likeness (QED) is 0.407. The molecule has 0 fully saturated rings. The number of halogens is 2. The second-order valence-corrected chi connectivity index (χ2v) is 8.82. The number of aryl methyl sites for hydroxylation is 1. The molecule has 0 saturated heterocycles. The normalized spacial score (nSPS) is 13.0. The van der Waals surface area contributed by atoms with Gasteiger partial charge in [0.1, 0.15) is 11.6 Å². The van der Waals surface area contributed by atoms with Crippen LogP contribution in [0.15, 0.2) is 60.0 Å². The molecule has 170 valence electrons. The highest BCUT2D eigenvalue weighted by Gasteiger charge is 2.22. The summed E-state index contributed by atoms with van der Waals surface area (Å²) in [5.74, 6) is -1.62. The molecule has 3 rings (SSSR count). The number of carbonyl (C=O) groups is 1. The van der Waals surface area contributed by atoms with E-state index in [1.807, 2.05) is 29.6 Å². The third kappa shape index (κ3) is 7.51. The number of amides is 1. The summed E-state index contributed by atoms with van der Waals surface area (Å²) in [6.45, 7) is 2.88. The summed E-state index contributed by atoms with van der Waals surface area (Å²) in [6, 6.07) is 14.5. The highest BCUT2D eigenvalue weighted by molar-refractivity contribution is 7.10. The topological polar surface area (TPSA) is 61.4 Å². The van der Waals surface area contributed by atoms with Gasteiger partial charge in [0, 0.05) is 24.0 Å². The van der Waals surface area contributed by atoms with Gasteiger partial charge in [0.25, 0.3) is 0 Å². The predicted octanol–water partition coefficient (Wildman–Crippen LogP) is 4.01. The molecule has 1 aromatic heterocycles. The number of nitrogens with one attached hydrogen (secondary N) is 2. The van der Waals surface area contributed by atoms with Crippen molar-refractivity contribution in [2.75, 3.05) is 6.54 Å². The Labute approximate surface area is 191 Å². The van der Waals surface area contributed by atoms with Gasteiger partial charge in [0.15, 0.2) is 0 Å². The molecule has 4 nitrogen and oxygen atoms in total. The monoisotopic (exact) mass is 458 g/mol. The second kappa shape index (κ2) is 11.9. The summed E-state index contributed by atoms with van der Waals surface area (Å²) in [5.41, 5.74) is 2.71. The molecule has 0 spiro atoms. The van der Waals surface area contributed by atoms with Crippen LogP contribution >= 0.6 is 11.3 Å². The van der Waals surface area contributed by atoms with Crippen molar-refractivity contribution >= 4 is 17.2 Å². The van der Waals surface area contributed by atoms with E-state index in [4.69, 9.17) is 0 Å². The van der Waals surface area contributed by atoms with E-state index in [1.54, 1.807) is 0 Å². The average Bonchev–Trinajstić information content (AvgIpc) is 3.25. The largest absolute Gasteiger partial charge is 0.390 e. The van der Waals surface area contributed by atoms with Crippen LogP contribution in [0.2, 0.25) is 0 Å². The molecule has 0 aliphatic carbocycles. The van der Waals surface area contributed by atoms with Gasteiger partial charge in [-0.1, -0.05) is 37.3 Å². The van der Waals surface area contributed by atoms with Gasteiger partial charge in [-0.05, 0) is 53.1 Å². The average molecular weight is 459 g/mol. The standard InChI is InChI=1S/C25H28F2N2O2S/c1-2-17-5-3-6-18(9-17)15-28-16-24(30)23(12-19-10-20(26)13-21(27)11-19)29-25(31)14-22-7-4-8-32-22/h3-11,13,23-24,28,30H,2,12,14-16H2,1H3,(H,29,31)/t23-,24+/m1/s1. The third-order valence-electron chi connectivity index (χ3n) is 5.19. The van der Waals surface area contributed by atoms with Crippen molar-refractivity contribution in [2.24, 2.45) is 0 Å². The van der Waals surface area contributed by atoms with E-state index in [-0.39, 0.29) is 25.3 Å². The Hall–Kier alpha value is -2.61. The van der Waals surface area contributed by atoms with Crippen molar-refractivity contribution in [2.45, 2.75) is 44.9 Å². The van der Waals surface area contributed by atoms with Crippen LogP contribution in [0.3, 0.4) is 0 Å². The van der Waals surface area contributed by atoms with Crippen molar-refractivity contribution in [3.8, 4) is 0 Å². The number of thiophene rings is 1. The van der Waals surface area contributed by atoms with E-state index in [0.29, 0.717) is 12.1 Å². The van der Waals surface area contributed by atoms with Gasteiger partial charge < -0.3 is 15.7 Å². The van der Waals surface area contributed by atoms with Crippen molar-refractivity contribution in [1.82, 2.24) is 10.6 Å². The SMILES string of the molecule is CCc1cccc(CNC[C@H](O)[C@@H](Cc2cc(F)cc(F)c2)NC(=O)Cc2cccs2)c1. The van der Waals surface area contributed by atoms with E-state index in [9.17, 15) is 18.7 Å². The summed E-state index contributed by atoms with van der Waals surface area (Å²) in [7, 11) is 0. The minimum Gasteiger partial charge on any atom is -0.390 e. The van der Waals surface area contributed by atoms with Crippen LogP contribution < -0.4 is 10.6 Å². The van der Waals surface area contributed by atoms with E-state index < -0.39 is 23.8 Å². The first kappa shape index (κ1) is 24.0. The lowest BCUT2D eigenvalue weighted by Crippen LogP contribution is -2.49. The minimum absolute atomic E-state index is 0.110. The maximum Gasteiger partial charge on any atom is 0.225 e. The number of carbonyl (C=O) groups excluding carboxylic acids is 1. The lowest BCUT2D eigenvalue weighted by atomic mass is 10.00. The van der Waals surface area contributed by atoms with Crippen LogP contribution in [-0.2, 0) is 30.6 Å². The molecular formula is C25H28F2N2O2S. The maximum absolute atomic E-state index is 13.6. The zero-order chi connectivity index (χ0) is 22.9. The predicted molar refractivity (Wildman–Crippen MR) is 124 cm³/mol. The van der Waals surface area contributed by atoms with Crippen LogP contribution in [0.5, 0.6) is 0 Å². The second-order valence-electron chi connectivity index (χ2n) is 7.78. The summed E-state index contributed by atoms with van der Waals surface area (Å²) >= 11 is 1.47. The summed E-state index contributed by atoms with van der Waals surface area (Å²) in [4.78, 5) is 13.4. The molecular weight excluding hydrogens is 430 g/mol. The first-order chi connectivity index (χ1) is 15.4. The lowest BCUT2D eigenvalue weighted by Gasteiger charge is -2.25. The molecule has 2 atom stereocenters. The van der Waals surface area contributed by atoms with Crippen LogP contribution in [0, 0.1) is 11.6 Å². The van der Waals surface area contributed by atoms with Gasteiger partial charge >= 0.3 is 0 Å². The number of hydrogen-bond donors (Lipinski definition) is 3. The Balaban J connectivity index is 1.64. The number of rotatable bonds is 11. The molecule has 3 aromatic rings. The maximum atomic E-state index is 13.6. The zero-order valence-electron chi connectivity index (χ0n) is 18.0. The van der Waals surface area contributed by atoms with Crippen molar-refractivity contribution in [3.63, 3.8) is 0 Å². The fourth-order valence-corrected chi connectivity index (χ4v) is 4.26. The molecule has 32 heavy (non-hydrogen) atoms. The Bertz CT molecular complexity index is 991. The fraction of sp³-hybridized carbons (Fsp3) is 0.320. The van der Waals surface area contributed by atoms with Crippen LogP contribution in [-0.4, -0.2) is 29.7 Å². The highest BCUT2D eigenvalue weighted by atomic mass is 32.1. The zero-order valence-corrected chi connectivity index (χ0v) is 18.8. The molecule has 0 aliphatic heterocycles. The number of benzene rings is 2. The molecule has 0 saturated carbocycles. The van der Waals surface area contributed by atoms with Gasteiger partial charge in [-0.2, -0.15) is 0 Å². The van der Waals surface area contributed by atoms with Crippen molar-refractivity contribution in [3.05, 3.63) is 93.2 Å². The van der Waals surface area contributed by atoms with E-state index in [2.05, 4.69) is 29.7 Å². The Morgan fingerprint density at radius 3 is 2.47 bits per heavy atom. The molecule has 1 heterocycles. The van der Waals surface area contributed by atoms with Crippen molar-refractivity contribution in [1.29, 1.82) is 0 Å². The molecule has 0 unspecified atom stereocenters. The molecule has 0 radical (unpaired) electrons. The molecule has 3 N–H and O–H groups in total. The smallest absolute Gasteiger partial charge is 0.225 e. The molecule has 0 bridgehead atoms. The number of aliphatic hydroxyl groups is 1. The fourth-order valence-electron chi connectivity index (χ4n) is 3.56.